The van der Waals surface area contributed by atoms with Gasteiger partial charge in [0.05, 0.1) is 10.7 Å². The average molecular weight is 227 g/mol. The third-order valence-corrected chi connectivity index (χ3v) is 3.21. The Kier molecular flexibility index (Phi) is 3.00. The number of rotatable bonds is 1. The highest BCUT2D eigenvalue weighted by Crippen LogP contribution is 2.27. The Morgan fingerprint density at radius 3 is 2.67 bits per heavy atom. The van der Waals surface area contributed by atoms with Gasteiger partial charge < -0.3 is 10.3 Å². The standard InChI is InChI=1S/C11H15ClN2O/c12-8-6-10(13)11(15)14(7-8)9-4-2-1-3-5-9/h6-7,9H,1-5,13H2. The molecule has 1 aromatic rings. The Balaban J connectivity index is 2.38. The second-order valence-corrected chi connectivity index (χ2v) is 4.55. The van der Waals surface area contributed by atoms with E-state index >= 15 is 0 Å². The quantitative estimate of drug-likeness (QED) is 0.800. The third-order valence-electron chi connectivity index (χ3n) is 3.01. The van der Waals surface area contributed by atoms with Crippen molar-refractivity contribution in [3.63, 3.8) is 0 Å². The zero-order chi connectivity index (χ0) is 10.8. The van der Waals surface area contributed by atoms with E-state index in [0.717, 1.165) is 12.8 Å². The first kappa shape index (κ1) is 10.6. The van der Waals surface area contributed by atoms with Crippen molar-refractivity contribution in [1.82, 2.24) is 4.57 Å². The molecule has 1 aromatic heterocycles. The molecule has 0 unspecified atom stereocenters. The molecule has 0 saturated heterocycles. The van der Waals surface area contributed by atoms with Gasteiger partial charge in [-0.1, -0.05) is 30.9 Å². The van der Waals surface area contributed by atoms with Crippen LogP contribution in [-0.2, 0) is 0 Å². The summed E-state index contributed by atoms with van der Waals surface area (Å²) in [6.45, 7) is 0. The van der Waals surface area contributed by atoms with Crippen molar-refractivity contribution in [1.29, 1.82) is 0 Å². The van der Waals surface area contributed by atoms with Crippen molar-refractivity contribution in [2.24, 2.45) is 0 Å². The number of halogens is 1. The zero-order valence-electron chi connectivity index (χ0n) is 8.58. The molecule has 1 heterocycles. The Morgan fingerprint density at radius 2 is 2.00 bits per heavy atom. The lowest BCUT2D eigenvalue weighted by Crippen LogP contribution is -2.27. The van der Waals surface area contributed by atoms with E-state index in [1.807, 2.05) is 0 Å². The van der Waals surface area contributed by atoms with E-state index in [0.29, 0.717) is 5.02 Å². The first-order valence-corrected chi connectivity index (χ1v) is 5.73. The summed E-state index contributed by atoms with van der Waals surface area (Å²) < 4.78 is 1.71. The van der Waals surface area contributed by atoms with Crippen molar-refractivity contribution < 1.29 is 0 Å². The lowest BCUT2D eigenvalue weighted by molar-refractivity contribution is 0.347. The van der Waals surface area contributed by atoms with Crippen LogP contribution in [0.4, 0.5) is 5.69 Å². The number of hydrogen-bond acceptors (Lipinski definition) is 2. The molecule has 0 amide bonds. The largest absolute Gasteiger partial charge is 0.394 e. The van der Waals surface area contributed by atoms with Gasteiger partial charge in [-0.3, -0.25) is 4.79 Å². The summed E-state index contributed by atoms with van der Waals surface area (Å²) in [7, 11) is 0. The third kappa shape index (κ3) is 2.17. The van der Waals surface area contributed by atoms with Gasteiger partial charge in [-0.25, -0.2) is 0 Å². The highest BCUT2D eigenvalue weighted by atomic mass is 35.5. The molecule has 0 atom stereocenters. The first-order valence-electron chi connectivity index (χ1n) is 5.35. The van der Waals surface area contributed by atoms with Crippen molar-refractivity contribution in [3.05, 3.63) is 27.6 Å². The van der Waals surface area contributed by atoms with Crippen LogP contribution < -0.4 is 11.3 Å². The van der Waals surface area contributed by atoms with E-state index in [4.69, 9.17) is 17.3 Å². The maximum absolute atomic E-state index is 11.8. The van der Waals surface area contributed by atoms with E-state index in [9.17, 15) is 4.79 Å². The number of pyridine rings is 1. The molecule has 2 N–H and O–H groups in total. The molecule has 4 heteroatoms. The van der Waals surface area contributed by atoms with Gasteiger partial charge >= 0.3 is 0 Å². The molecule has 0 spiro atoms. The van der Waals surface area contributed by atoms with Gasteiger partial charge in [0.25, 0.3) is 5.56 Å². The second kappa shape index (κ2) is 4.27. The summed E-state index contributed by atoms with van der Waals surface area (Å²) >= 11 is 5.90. The van der Waals surface area contributed by atoms with Crippen LogP contribution in [0.5, 0.6) is 0 Å². The molecule has 15 heavy (non-hydrogen) atoms. The van der Waals surface area contributed by atoms with Crippen molar-refractivity contribution in [2.45, 2.75) is 38.1 Å². The van der Waals surface area contributed by atoms with Crippen LogP contribution in [0, 0.1) is 0 Å². The highest BCUT2D eigenvalue weighted by Gasteiger charge is 2.17. The minimum atomic E-state index is -0.105. The van der Waals surface area contributed by atoms with E-state index < -0.39 is 0 Å². The van der Waals surface area contributed by atoms with E-state index in [-0.39, 0.29) is 17.3 Å². The maximum Gasteiger partial charge on any atom is 0.274 e. The molecular formula is C11H15ClN2O. The summed E-state index contributed by atoms with van der Waals surface area (Å²) in [6, 6.07) is 1.80. The topological polar surface area (TPSA) is 48.0 Å². The lowest BCUT2D eigenvalue weighted by Gasteiger charge is -2.24. The monoisotopic (exact) mass is 226 g/mol. The molecule has 1 aliphatic rings. The number of anilines is 1. The van der Waals surface area contributed by atoms with Gasteiger partial charge in [0.15, 0.2) is 0 Å². The molecule has 3 nitrogen and oxygen atoms in total. The number of hydrogen-bond donors (Lipinski definition) is 1. The molecule has 2 rings (SSSR count). The first-order chi connectivity index (χ1) is 7.18. The molecule has 0 aromatic carbocycles. The molecule has 1 fully saturated rings. The molecule has 1 saturated carbocycles. The van der Waals surface area contributed by atoms with Gasteiger partial charge in [-0.2, -0.15) is 0 Å². The zero-order valence-corrected chi connectivity index (χ0v) is 9.33. The fourth-order valence-corrected chi connectivity index (χ4v) is 2.44. The Bertz CT molecular complexity index is 408. The summed E-state index contributed by atoms with van der Waals surface area (Å²) in [4.78, 5) is 11.8. The van der Waals surface area contributed by atoms with Crippen molar-refractivity contribution >= 4 is 17.3 Å². The predicted octanol–water partition coefficient (Wildman–Crippen LogP) is 2.59. The van der Waals surface area contributed by atoms with Crippen LogP contribution in [0.1, 0.15) is 38.1 Å². The molecule has 1 aliphatic carbocycles. The number of nitrogens with two attached hydrogens (primary N) is 1. The van der Waals surface area contributed by atoms with Crippen LogP contribution >= 0.6 is 11.6 Å². The molecular weight excluding hydrogens is 212 g/mol. The number of aromatic nitrogens is 1. The van der Waals surface area contributed by atoms with Gasteiger partial charge in [-0.05, 0) is 18.9 Å². The van der Waals surface area contributed by atoms with E-state index in [1.54, 1.807) is 10.8 Å². The summed E-state index contributed by atoms with van der Waals surface area (Å²) in [5.41, 5.74) is 5.75. The minimum Gasteiger partial charge on any atom is -0.394 e. The predicted molar refractivity (Wildman–Crippen MR) is 62.2 cm³/mol. The normalized spacial score (nSPS) is 17.9. The maximum atomic E-state index is 11.8. The van der Waals surface area contributed by atoms with Gasteiger partial charge in [0.1, 0.15) is 0 Å². The van der Waals surface area contributed by atoms with Crippen LogP contribution in [0.25, 0.3) is 0 Å². The van der Waals surface area contributed by atoms with Crippen LogP contribution in [0.2, 0.25) is 5.02 Å². The minimum absolute atomic E-state index is 0.105. The van der Waals surface area contributed by atoms with Crippen LogP contribution in [0.3, 0.4) is 0 Å². The Labute approximate surface area is 93.8 Å². The Morgan fingerprint density at radius 1 is 1.33 bits per heavy atom. The van der Waals surface area contributed by atoms with E-state index in [2.05, 4.69) is 0 Å². The highest BCUT2D eigenvalue weighted by molar-refractivity contribution is 6.30. The fraction of sp³-hybridized carbons (Fsp3) is 0.545. The fourth-order valence-electron chi connectivity index (χ4n) is 2.22. The SMILES string of the molecule is Nc1cc(Cl)cn(C2CCCCC2)c1=O. The lowest BCUT2D eigenvalue weighted by atomic mass is 9.95. The second-order valence-electron chi connectivity index (χ2n) is 4.12. The molecule has 0 radical (unpaired) electrons. The van der Waals surface area contributed by atoms with Crippen LogP contribution in [-0.4, -0.2) is 4.57 Å². The molecule has 82 valence electrons. The smallest absolute Gasteiger partial charge is 0.274 e. The average Bonchev–Trinajstić information content (AvgIpc) is 2.24. The number of nitrogens with zero attached hydrogens (tertiary/aromatic N) is 1. The Hall–Kier alpha value is -0.960. The molecule has 0 bridgehead atoms. The number of nitrogen functional groups attached to an aromatic ring is 1. The molecule has 0 aliphatic heterocycles. The van der Waals surface area contributed by atoms with Crippen molar-refractivity contribution in [3.8, 4) is 0 Å². The van der Waals surface area contributed by atoms with Crippen LogP contribution in [0.15, 0.2) is 17.1 Å². The van der Waals surface area contributed by atoms with Gasteiger partial charge in [-0.15, -0.1) is 0 Å². The summed E-state index contributed by atoms with van der Waals surface area (Å²) in [5.74, 6) is 0. The van der Waals surface area contributed by atoms with E-state index in [1.165, 1.54) is 25.3 Å². The van der Waals surface area contributed by atoms with Gasteiger partial charge in [0.2, 0.25) is 0 Å². The summed E-state index contributed by atoms with van der Waals surface area (Å²) in [6.07, 6.45) is 7.45. The van der Waals surface area contributed by atoms with Crippen molar-refractivity contribution in [2.75, 3.05) is 5.73 Å². The van der Waals surface area contributed by atoms with Gasteiger partial charge in [0, 0.05) is 12.2 Å². The summed E-state index contributed by atoms with van der Waals surface area (Å²) in [5, 5.41) is 0.540.